The first kappa shape index (κ1) is 20.6. The SMILES string of the molecule is Cc1ccc(N=C2NC(=O)/C(=C/c3cc(C)n(-c4cccc([N+](=O)[O-])c4)c3C)S2)cc1. The lowest BCUT2D eigenvalue weighted by atomic mass is 10.2. The molecule has 0 spiro atoms. The topological polar surface area (TPSA) is 89.5 Å². The lowest BCUT2D eigenvalue weighted by molar-refractivity contribution is -0.384. The van der Waals surface area contributed by atoms with Gasteiger partial charge >= 0.3 is 0 Å². The van der Waals surface area contributed by atoms with Crippen LogP contribution < -0.4 is 5.32 Å². The highest BCUT2D eigenvalue weighted by molar-refractivity contribution is 8.18. The van der Waals surface area contributed by atoms with E-state index in [0.29, 0.717) is 15.8 Å². The number of nitro groups is 1. The molecule has 2 aromatic carbocycles. The fourth-order valence-corrected chi connectivity index (χ4v) is 4.27. The van der Waals surface area contributed by atoms with Gasteiger partial charge in [0, 0.05) is 23.5 Å². The normalized spacial score (nSPS) is 16.2. The van der Waals surface area contributed by atoms with Gasteiger partial charge in [-0.1, -0.05) is 23.8 Å². The van der Waals surface area contributed by atoms with Crippen LogP contribution in [0.1, 0.15) is 22.5 Å². The molecule has 1 N–H and O–H groups in total. The van der Waals surface area contributed by atoms with Gasteiger partial charge in [-0.2, -0.15) is 0 Å². The van der Waals surface area contributed by atoms with E-state index in [1.54, 1.807) is 12.1 Å². The quantitative estimate of drug-likeness (QED) is 0.348. The molecule has 7 nitrogen and oxygen atoms in total. The van der Waals surface area contributed by atoms with Crippen LogP contribution in [0, 0.1) is 30.9 Å². The Morgan fingerprint density at radius 3 is 2.55 bits per heavy atom. The van der Waals surface area contributed by atoms with Crippen LogP contribution in [-0.4, -0.2) is 20.6 Å². The van der Waals surface area contributed by atoms with Crippen molar-refractivity contribution in [2.45, 2.75) is 20.8 Å². The first-order chi connectivity index (χ1) is 14.8. The lowest BCUT2D eigenvalue weighted by Crippen LogP contribution is -2.19. The Morgan fingerprint density at radius 2 is 1.84 bits per heavy atom. The Hall–Kier alpha value is -3.65. The summed E-state index contributed by atoms with van der Waals surface area (Å²) in [6.45, 7) is 5.87. The first-order valence-corrected chi connectivity index (χ1v) is 10.4. The van der Waals surface area contributed by atoms with Crippen molar-refractivity contribution in [3.05, 3.63) is 92.1 Å². The molecule has 8 heteroatoms. The number of nitrogens with zero attached hydrogens (tertiary/aromatic N) is 3. The van der Waals surface area contributed by atoms with E-state index in [1.165, 1.54) is 17.8 Å². The van der Waals surface area contributed by atoms with Crippen LogP contribution in [0.15, 0.2) is 64.5 Å². The van der Waals surface area contributed by atoms with E-state index in [0.717, 1.165) is 28.2 Å². The minimum atomic E-state index is -0.408. The number of amidine groups is 1. The number of aryl methyl sites for hydroxylation is 2. The largest absolute Gasteiger partial charge is 0.318 e. The second kappa shape index (κ2) is 8.23. The summed E-state index contributed by atoms with van der Waals surface area (Å²) in [4.78, 5) is 28.2. The zero-order valence-corrected chi connectivity index (χ0v) is 18.1. The third-order valence-corrected chi connectivity index (χ3v) is 5.88. The zero-order valence-electron chi connectivity index (χ0n) is 17.2. The van der Waals surface area contributed by atoms with E-state index in [2.05, 4.69) is 10.3 Å². The van der Waals surface area contributed by atoms with E-state index < -0.39 is 4.92 Å². The second-order valence-corrected chi connectivity index (χ2v) is 8.29. The molecular formula is C23H20N4O3S. The maximum absolute atomic E-state index is 12.5. The summed E-state index contributed by atoms with van der Waals surface area (Å²) in [7, 11) is 0. The molecule has 0 atom stereocenters. The van der Waals surface area contributed by atoms with Gasteiger partial charge in [-0.15, -0.1) is 0 Å². The van der Waals surface area contributed by atoms with E-state index in [4.69, 9.17) is 0 Å². The van der Waals surface area contributed by atoms with Crippen molar-refractivity contribution in [3.8, 4) is 5.69 Å². The zero-order chi connectivity index (χ0) is 22.1. The number of carbonyl (C=O) groups excluding carboxylic acids is 1. The van der Waals surface area contributed by atoms with E-state index >= 15 is 0 Å². The fourth-order valence-electron chi connectivity index (χ4n) is 3.44. The number of nitrogens with one attached hydrogen (secondary N) is 1. The molecule has 156 valence electrons. The molecule has 31 heavy (non-hydrogen) atoms. The maximum Gasteiger partial charge on any atom is 0.271 e. The summed E-state index contributed by atoms with van der Waals surface area (Å²) >= 11 is 1.29. The average molecular weight is 433 g/mol. The Balaban J connectivity index is 1.64. The third-order valence-electron chi connectivity index (χ3n) is 4.97. The van der Waals surface area contributed by atoms with Crippen LogP contribution >= 0.6 is 11.8 Å². The molecular weight excluding hydrogens is 412 g/mol. The van der Waals surface area contributed by atoms with Crippen molar-refractivity contribution >= 4 is 40.3 Å². The summed E-state index contributed by atoms with van der Waals surface area (Å²) in [6.07, 6.45) is 1.83. The van der Waals surface area contributed by atoms with Crippen LogP contribution in [0.25, 0.3) is 11.8 Å². The van der Waals surface area contributed by atoms with Gasteiger partial charge in [0.15, 0.2) is 5.17 Å². The van der Waals surface area contributed by atoms with Crippen molar-refractivity contribution in [1.29, 1.82) is 0 Å². The summed E-state index contributed by atoms with van der Waals surface area (Å²) in [6, 6.07) is 16.2. The van der Waals surface area contributed by atoms with E-state index in [1.807, 2.05) is 67.8 Å². The van der Waals surface area contributed by atoms with E-state index in [-0.39, 0.29) is 11.6 Å². The molecule has 1 aromatic heterocycles. The van der Waals surface area contributed by atoms with Gasteiger partial charge in [-0.25, -0.2) is 4.99 Å². The Morgan fingerprint density at radius 1 is 1.10 bits per heavy atom. The number of hydrogen-bond acceptors (Lipinski definition) is 5. The Labute approximate surface area is 183 Å². The highest BCUT2D eigenvalue weighted by Crippen LogP contribution is 2.31. The number of amides is 1. The molecule has 1 saturated heterocycles. The minimum Gasteiger partial charge on any atom is -0.318 e. The van der Waals surface area contributed by atoms with Crippen molar-refractivity contribution in [2.75, 3.05) is 0 Å². The number of non-ortho nitro benzene ring substituents is 1. The minimum absolute atomic E-state index is 0.0348. The number of rotatable bonds is 4. The summed E-state index contributed by atoms with van der Waals surface area (Å²) in [5.41, 5.74) is 5.35. The van der Waals surface area contributed by atoms with Crippen molar-refractivity contribution in [1.82, 2.24) is 9.88 Å². The Kier molecular flexibility index (Phi) is 5.48. The van der Waals surface area contributed by atoms with Gasteiger partial charge in [-0.3, -0.25) is 14.9 Å². The molecule has 1 fully saturated rings. The van der Waals surface area contributed by atoms with Crippen LogP contribution in [0.3, 0.4) is 0 Å². The van der Waals surface area contributed by atoms with Gasteiger partial charge in [0.1, 0.15) is 0 Å². The molecule has 0 aliphatic carbocycles. The monoisotopic (exact) mass is 432 g/mol. The highest BCUT2D eigenvalue weighted by atomic mass is 32.2. The molecule has 1 aliphatic heterocycles. The number of aromatic nitrogens is 1. The maximum atomic E-state index is 12.5. The number of aliphatic imine (C=N–C) groups is 1. The second-order valence-electron chi connectivity index (χ2n) is 7.26. The number of carbonyl (C=O) groups is 1. The van der Waals surface area contributed by atoms with Crippen molar-refractivity contribution in [3.63, 3.8) is 0 Å². The Bertz CT molecular complexity index is 1260. The van der Waals surface area contributed by atoms with Crippen LogP contribution in [0.4, 0.5) is 11.4 Å². The molecule has 0 saturated carbocycles. The molecule has 0 radical (unpaired) electrons. The highest BCUT2D eigenvalue weighted by Gasteiger charge is 2.24. The predicted octanol–water partition coefficient (Wildman–Crippen LogP) is 5.20. The van der Waals surface area contributed by atoms with Gasteiger partial charge < -0.3 is 9.88 Å². The van der Waals surface area contributed by atoms with Gasteiger partial charge in [-0.05, 0) is 68.4 Å². The standard InChI is InChI=1S/C23H20N4O3S/c1-14-7-9-18(10-8-14)24-23-25-22(28)21(31-23)12-17-11-15(2)26(16(17)3)19-5-4-6-20(13-19)27(29)30/h4-13H,1-3H3,(H,24,25,28)/b21-12-. The molecule has 0 unspecified atom stereocenters. The summed E-state index contributed by atoms with van der Waals surface area (Å²) < 4.78 is 1.94. The summed E-state index contributed by atoms with van der Waals surface area (Å²) in [5, 5.41) is 14.5. The smallest absolute Gasteiger partial charge is 0.271 e. The first-order valence-electron chi connectivity index (χ1n) is 9.62. The molecule has 1 aliphatic rings. The molecule has 4 rings (SSSR count). The van der Waals surface area contributed by atoms with Gasteiger partial charge in [0.2, 0.25) is 0 Å². The van der Waals surface area contributed by atoms with Crippen LogP contribution in [-0.2, 0) is 4.79 Å². The van der Waals surface area contributed by atoms with E-state index in [9.17, 15) is 14.9 Å². The van der Waals surface area contributed by atoms with Gasteiger partial charge in [0.25, 0.3) is 11.6 Å². The van der Waals surface area contributed by atoms with Crippen LogP contribution in [0.5, 0.6) is 0 Å². The predicted molar refractivity (Wildman–Crippen MR) is 124 cm³/mol. The fraction of sp³-hybridized carbons (Fsp3) is 0.130. The van der Waals surface area contributed by atoms with Gasteiger partial charge in [0.05, 0.1) is 21.2 Å². The molecule has 1 amide bonds. The third kappa shape index (κ3) is 4.29. The van der Waals surface area contributed by atoms with Crippen molar-refractivity contribution in [2.24, 2.45) is 4.99 Å². The summed E-state index contributed by atoms with van der Waals surface area (Å²) in [5.74, 6) is -0.198. The molecule has 3 aromatic rings. The van der Waals surface area contributed by atoms with Crippen molar-refractivity contribution < 1.29 is 9.72 Å². The number of benzene rings is 2. The number of thioether (sulfide) groups is 1. The average Bonchev–Trinajstić information content (AvgIpc) is 3.22. The lowest BCUT2D eigenvalue weighted by Gasteiger charge is -2.09. The molecule has 0 bridgehead atoms. The number of nitro benzene ring substituents is 1. The molecule has 2 heterocycles. The van der Waals surface area contributed by atoms with Crippen LogP contribution in [0.2, 0.25) is 0 Å². The number of hydrogen-bond donors (Lipinski definition) is 1.